The maximum atomic E-state index is 13.1. The highest BCUT2D eigenvalue weighted by Crippen LogP contribution is 2.43. The number of hydrogen-bond acceptors (Lipinski definition) is 5. The van der Waals surface area contributed by atoms with Gasteiger partial charge in [0.2, 0.25) is 0 Å². The van der Waals surface area contributed by atoms with Gasteiger partial charge in [-0.3, -0.25) is 4.79 Å². The number of carbonyl (C=O) groups is 1. The van der Waals surface area contributed by atoms with Crippen LogP contribution in [-0.2, 0) is 0 Å². The zero-order valence-electron chi connectivity index (χ0n) is 17.8. The second-order valence-electron chi connectivity index (χ2n) is 8.62. The van der Waals surface area contributed by atoms with Crippen LogP contribution in [0.25, 0.3) is 0 Å². The van der Waals surface area contributed by atoms with Gasteiger partial charge in [0, 0.05) is 35.3 Å². The van der Waals surface area contributed by atoms with Crippen molar-refractivity contribution in [2.45, 2.75) is 40.0 Å². The Morgan fingerprint density at radius 1 is 1.21 bits per heavy atom. The molecule has 2 heterocycles. The molecule has 2 aliphatic heterocycles. The molecule has 0 aromatic heterocycles. The molecule has 0 N–H and O–H groups in total. The van der Waals surface area contributed by atoms with Crippen LogP contribution in [0.4, 0.5) is 0 Å². The summed E-state index contributed by atoms with van der Waals surface area (Å²) in [7, 11) is 1.57. The van der Waals surface area contributed by atoms with Gasteiger partial charge in [0.25, 0.3) is 0 Å². The Labute approximate surface area is 183 Å². The molecule has 3 rings (SSSR count). The lowest BCUT2D eigenvalue weighted by Crippen LogP contribution is -2.38. The van der Waals surface area contributed by atoms with Crippen LogP contribution in [0.15, 0.2) is 40.4 Å². The standard InChI is InChI=1S/C23H31ClN2O2S/c1-23(2,3)21-16-29-22(26(21)13-12-25-10-6-5-7-11-25)15-19(27)18-14-17(24)8-9-20(18)28-4/h8-9,14-16H,5-7,10-13H2,1-4H3. The number of rotatable bonds is 6. The summed E-state index contributed by atoms with van der Waals surface area (Å²) in [6.45, 7) is 10.9. The Bertz CT molecular complexity index is 808. The minimum atomic E-state index is -0.0848. The average Bonchev–Trinajstić information content (AvgIpc) is 3.10. The fourth-order valence-electron chi connectivity index (χ4n) is 3.77. The van der Waals surface area contributed by atoms with E-state index >= 15 is 0 Å². The van der Waals surface area contributed by atoms with E-state index in [0.29, 0.717) is 16.3 Å². The molecule has 6 heteroatoms. The summed E-state index contributed by atoms with van der Waals surface area (Å²) in [5.74, 6) is 0.460. The fraction of sp³-hybridized carbons (Fsp3) is 0.522. The van der Waals surface area contributed by atoms with Crippen LogP contribution in [-0.4, -0.2) is 48.9 Å². The van der Waals surface area contributed by atoms with Crippen molar-refractivity contribution in [2.75, 3.05) is 33.3 Å². The lowest BCUT2D eigenvalue weighted by Gasteiger charge is -2.34. The maximum absolute atomic E-state index is 13.1. The summed E-state index contributed by atoms with van der Waals surface area (Å²) in [5.41, 5.74) is 1.77. The molecule has 0 bridgehead atoms. The van der Waals surface area contributed by atoms with Gasteiger partial charge >= 0.3 is 0 Å². The molecule has 1 saturated heterocycles. The molecule has 29 heavy (non-hydrogen) atoms. The molecule has 158 valence electrons. The molecule has 0 amide bonds. The molecule has 0 unspecified atom stereocenters. The number of methoxy groups -OCH3 is 1. The number of hydrogen-bond donors (Lipinski definition) is 0. The number of likely N-dealkylation sites (tertiary alicyclic amines) is 1. The van der Waals surface area contributed by atoms with E-state index < -0.39 is 0 Å². The van der Waals surface area contributed by atoms with Gasteiger partial charge in [-0.25, -0.2) is 0 Å². The van der Waals surface area contributed by atoms with Gasteiger partial charge in [-0.2, -0.15) is 0 Å². The molecule has 1 aromatic carbocycles. The fourth-order valence-corrected chi connectivity index (χ4v) is 5.15. The summed E-state index contributed by atoms with van der Waals surface area (Å²) in [4.78, 5) is 17.9. The number of thioether (sulfide) groups is 1. The van der Waals surface area contributed by atoms with Gasteiger partial charge in [0.1, 0.15) is 5.75 Å². The highest BCUT2D eigenvalue weighted by Gasteiger charge is 2.31. The van der Waals surface area contributed by atoms with Crippen LogP contribution >= 0.6 is 23.4 Å². The van der Waals surface area contributed by atoms with Crippen LogP contribution in [0.5, 0.6) is 5.75 Å². The molecular weight excluding hydrogens is 404 g/mol. The predicted molar refractivity (Wildman–Crippen MR) is 123 cm³/mol. The van der Waals surface area contributed by atoms with E-state index in [9.17, 15) is 4.79 Å². The zero-order valence-corrected chi connectivity index (χ0v) is 19.4. The van der Waals surface area contributed by atoms with Crippen molar-refractivity contribution in [3.05, 3.63) is 51.0 Å². The smallest absolute Gasteiger partial charge is 0.192 e. The van der Waals surface area contributed by atoms with Gasteiger partial charge in [0.15, 0.2) is 5.78 Å². The van der Waals surface area contributed by atoms with Crippen LogP contribution in [0.3, 0.4) is 0 Å². The molecule has 2 aliphatic rings. The van der Waals surface area contributed by atoms with E-state index in [4.69, 9.17) is 16.3 Å². The first-order valence-electron chi connectivity index (χ1n) is 10.3. The molecule has 1 fully saturated rings. The molecule has 0 aliphatic carbocycles. The summed E-state index contributed by atoms with van der Waals surface area (Å²) in [5, 5.41) is 3.69. The highest BCUT2D eigenvalue weighted by molar-refractivity contribution is 8.06. The second kappa shape index (κ2) is 9.59. The van der Waals surface area contributed by atoms with Crippen LogP contribution < -0.4 is 4.74 Å². The molecule has 0 radical (unpaired) electrons. The van der Waals surface area contributed by atoms with Crippen molar-refractivity contribution >= 4 is 29.1 Å². The van der Waals surface area contributed by atoms with Gasteiger partial charge in [-0.1, -0.05) is 50.6 Å². The predicted octanol–water partition coefficient (Wildman–Crippen LogP) is 5.79. The van der Waals surface area contributed by atoms with Gasteiger partial charge in [0.05, 0.1) is 17.7 Å². The number of ketones is 1. The van der Waals surface area contributed by atoms with Crippen molar-refractivity contribution in [2.24, 2.45) is 5.41 Å². The van der Waals surface area contributed by atoms with Crippen molar-refractivity contribution in [1.82, 2.24) is 9.80 Å². The quantitative estimate of drug-likeness (QED) is 0.417. The topological polar surface area (TPSA) is 32.8 Å². The van der Waals surface area contributed by atoms with Crippen molar-refractivity contribution in [1.29, 1.82) is 0 Å². The summed E-state index contributed by atoms with van der Waals surface area (Å²) >= 11 is 7.75. The van der Waals surface area contributed by atoms with E-state index in [1.807, 2.05) is 0 Å². The van der Waals surface area contributed by atoms with Crippen molar-refractivity contribution in [3.8, 4) is 5.75 Å². The molecular formula is C23H31ClN2O2S. The second-order valence-corrected chi connectivity index (χ2v) is 9.94. The number of piperidine rings is 1. The third-order valence-electron chi connectivity index (χ3n) is 5.39. The Morgan fingerprint density at radius 3 is 2.59 bits per heavy atom. The number of benzene rings is 1. The van der Waals surface area contributed by atoms with Crippen LogP contribution in [0, 0.1) is 5.41 Å². The first-order valence-corrected chi connectivity index (χ1v) is 11.5. The van der Waals surface area contributed by atoms with Gasteiger partial charge in [-0.05, 0) is 49.5 Å². The number of nitrogens with zero attached hydrogens (tertiary/aromatic N) is 2. The monoisotopic (exact) mass is 434 g/mol. The van der Waals surface area contributed by atoms with E-state index in [0.717, 1.165) is 18.1 Å². The SMILES string of the molecule is COc1ccc(Cl)cc1C(=O)C=C1SC=C(C(C)(C)C)N1CCN1CCCCC1. The van der Waals surface area contributed by atoms with Crippen molar-refractivity contribution < 1.29 is 9.53 Å². The summed E-state index contributed by atoms with van der Waals surface area (Å²) < 4.78 is 5.37. The lowest BCUT2D eigenvalue weighted by atomic mass is 9.92. The van der Waals surface area contributed by atoms with Crippen LogP contribution in [0.1, 0.15) is 50.4 Å². The minimum absolute atomic E-state index is 0.0152. The maximum Gasteiger partial charge on any atom is 0.192 e. The summed E-state index contributed by atoms with van der Waals surface area (Å²) in [6.07, 6.45) is 5.63. The average molecular weight is 435 g/mol. The highest BCUT2D eigenvalue weighted by atomic mass is 35.5. The number of carbonyl (C=O) groups excluding carboxylic acids is 1. The normalized spacial score (nSPS) is 19.6. The molecule has 4 nitrogen and oxygen atoms in total. The van der Waals surface area contributed by atoms with Gasteiger partial charge < -0.3 is 14.5 Å². The minimum Gasteiger partial charge on any atom is -0.496 e. The molecule has 1 aromatic rings. The Morgan fingerprint density at radius 2 is 1.93 bits per heavy atom. The Balaban J connectivity index is 1.82. The van der Waals surface area contributed by atoms with Crippen molar-refractivity contribution in [3.63, 3.8) is 0 Å². The van der Waals surface area contributed by atoms with E-state index in [1.165, 1.54) is 38.0 Å². The largest absolute Gasteiger partial charge is 0.496 e. The molecule has 0 saturated carbocycles. The third kappa shape index (κ3) is 5.59. The van der Waals surface area contributed by atoms with Gasteiger partial charge in [-0.15, -0.1) is 0 Å². The van der Waals surface area contributed by atoms with E-state index in [1.54, 1.807) is 43.1 Å². The first kappa shape index (κ1) is 22.3. The van der Waals surface area contributed by atoms with Crippen LogP contribution in [0.2, 0.25) is 5.02 Å². The first-order chi connectivity index (χ1) is 13.8. The number of halogens is 1. The molecule has 0 atom stereocenters. The number of allylic oxidation sites excluding steroid dienone is 2. The third-order valence-corrected chi connectivity index (χ3v) is 6.54. The summed E-state index contributed by atoms with van der Waals surface area (Å²) in [6, 6.07) is 5.15. The van der Waals surface area contributed by atoms with E-state index in [2.05, 4.69) is 36.0 Å². The molecule has 0 spiro atoms. The zero-order chi connectivity index (χ0) is 21.0. The lowest BCUT2D eigenvalue weighted by molar-refractivity contribution is 0.104. The van der Waals surface area contributed by atoms with E-state index in [-0.39, 0.29) is 11.2 Å². The number of ether oxygens (including phenoxy) is 1. The Hall–Kier alpha value is -1.43. The Kier molecular flexibility index (Phi) is 7.36.